The van der Waals surface area contributed by atoms with E-state index in [-0.39, 0.29) is 11.8 Å². The van der Waals surface area contributed by atoms with E-state index < -0.39 is 0 Å². The van der Waals surface area contributed by atoms with Crippen molar-refractivity contribution in [2.24, 2.45) is 22.1 Å². The molecule has 88 valence electrons. The standard InChI is InChI=1S/C12H20N4/c1-11(9-13)5-3-7-15-16-8-4-6-12(2)10-14/h11-12H,3-8H2,1-2H3. The van der Waals surface area contributed by atoms with Gasteiger partial charge in [0.1, 0.15) is 0 Å². The van der Waals surface area contributed by atoms with Gasteiger partial charge in [0, 0.05) is 11.8 Å². The Morgan fingerprint density at radius 1 is 0.875 bits per heavy atom. The molecule has 0 bridgehead atoms. The topological polar surface area (TPSA) is 72.3 Å². The molecule has 2 unspecified atom stereocenters. The lowest BCUT2D eigenvalue weighted by Crippen LogP contribution is -1.93. The summed E-state index contributed by atoms with van der Waals surface area (Å²) in [5.41, 5.74) is 0. The van der Waals surface area contributed by atoms with Gasteiger partial charge < -0.3 is 0 Å². The van der Waals surface area contributed by atoms with Crippen molar-refractivity contribution < 1.29 is 0 Å². The molecule has 0 aliphatic carbocycles. The monoisotopic (exact) mass is 220 g/mol. The van der Waals surface area contributed by atoms with E-state index in [1.807, 2.05) is 13.8 Å². The average Bonchev–Trinajstić information content (AvgIpc) is 2.31. The van der Waals surface area contributed by atoms with Crippen LogP contribution in [-0.2, 0) is 0 Å². The zero-order valence-corrected chi connectivity index (χ0v) is 10.2. The molecule has 0 aromatic carbocycles. The van der Waals surface area contributed by atoms with Gasteiger partial charge in [-0.15, -0.1) is 0 Å². The molecule has 0 saturated heterocycles. The van der Waals surface area contributed by atoms with Gasteiger partial charge in [-0.1, -0.05) is 0 Å². The highest BCUT2D eigenvalue weighted by molar-refractivity contribution is 4.78. The van der Waals surface area contributed by atoms with E-state index in [2.05, 4.69) is 22.4 Å². The zero-order chi connectivity index (χ0) is 12.2. The fourth-order valence-electron chi connectivity index (χ4n) is 1.21. The Labute approximate surface area is 98.0 Å². The predicted molar refractivity (Wildman–Crippen MR) is 62.6 cm³/mol. The van der Waals surface area contributed by atoms with Crippen LogP contribution in [-0.4, -0.2) is 13.1 Å². The third-order valence-corrected chi connectivity index (χ3v) is 2.33. The highest BCUT2D eigenvalue weighted by atomic mass is 15.1. The summed E-state index contributed by atoms with van der Waals surface area (Å²) in [6.45, 7) is 5.25. The molecule has 0 saturated carbocycles. The second kappa shape index (κ2) is 10.1. The SMILES string of the molecule is CC(C#N)CCCN=NCCCC(C)C#N. The zero-order valence-electron chi connectivity index (χ0n) is 10.2. The van der Waals surface area contributed by atoms with Crippen LogP contribution in [0.5, 0.6) is 0 Å². The summed E-state index contributed by atoms with van der Waals surface area (Å²) in [6.07, 6.45) is 3.63. The van der Waals surface area contributed by atoms with Gasteiger partial charge >= 0.3 is 0 Å². The fraction of sp³-hybridized carbons (Fsp3) is 0.833. The maximum atomic E-state index is 8.55. The molecule has 0 aliphatic heterocycles. The molecular formula is C12H20N4. The molecule has 0 N–H and O–H groups in total. The molecule has 4 nitrogen and oxygen atoms in total. The van der Waals surface area contributed by atoms with Gasteiger partial charge in [0.05, 0.1) is 25.2 Å². The molecule has 0 aromatic rings. The molecule has 16 heavy (non-hydrogen) atoms. The molecule has 4 heteroatoms. The van der Waals surface area contributed by atoms with Crippen molar-refractivity contribution in [2.75, 3.05) is 13.1 Å². The van der Waals surface area contributed by atoms with Gasteiger partial charge in [0.2, 0.25) is 0 Å². The lowest BCUT2D eigenvalue weighted by molar-refractivity contribution is 0.595. The van der Waals surface area contributed by atoms with Crippen LogP contribution >= 0.6 is 0 Å². The molecule has 0 heterocycles. The van der Waals surface area contributed by atoms with Crippen molar-refractivity contribution in [3.05, 3.63) is 0 Å². The molecule has 0 fully saturated rings. The van der Waals surface area contributed by atoms with Crippen LogP contribution in [0.25, 0.3) is 0 Å². The van der Waals surface area contributed by atoms with E-state index in [0.717, 1.165) is 25.7 Å². The third-order valence-electron chi connectivity index (χ3n) is 2.33. The minimum Gasteiger partial charge on any atom is -0.198 e. The van der Waals surface area contributed by atoms with Crippen LogP contribution < -0.4 is 0 Å². The van der Waals surface area contributed by atoms with Crippen LogP contribution in [0.15, 0.2) is 10.2 Å². The molecule has 0 rings (SSSR count). The lowest BCUT2D eigenvalue weighted by atomic mass is 10.1. The summed E-state index contributed by atoms with van der Waals surface area (Å²) in [5, 5.41) is 25.2. The van der Waals surface area contributed by atoms with Gasteiger partial charge in [-0.25, -0.2) is 0 Å². The van der Waals surface area contributed by atoms with Crippen molar-refractivity contribution in [1.29, 1.82) is 10.5 Å². The maximum absolute atomic E-state index is 8.55. The van der Waals surface area contributed by atoms with Crippen molar-refractivity contribution >= 4 is 0 Å². The number of rotatable bonds is 8. The Morgan fingerprint density at radius 2 is 1.25 bits per heavy atom. The highest BCUT2D eigenvalue weighted by Gasteiger charge is 1.98. The molecule has 0 aliphatic rings. The molecular weight excluding hydrogens is 200 g/mol. The van der Waals surface area contributed by atoms with E-state index >= 15 is 0 Å². The maximum Gasteiger partial charge on any atom is 0.0652 e. The normalized spacial score (nSPS) is 14.2. The summed E-state index contributed by atoms with van der Waals surface area (Å²) in [7, 11) is 0. The first kappa shape index (κ1) is 14.6. The Kier molecular flexibility index (Phi) is 9.21. The Bertz CT molecular complexity index is 244. The second-order valence-corrected chi connectivity index (χ2v) is 4.07. The summed E-state index contributed by atoms with van der Waals surface area (Å²) in [5.74, 6) is 0.235. The minimum atomic E-state index is 0.117. The van der Waals surface area contributed by atoms with Gasteiger partial charge in [-0.05, 0) is 39.5 Å². The average molecular weight is 220 g/mol. The number of nitrogens with zero attached hydrogens (tertiary/aromatic N) is 4. The first-order chi connectivity index (χ1) is 7.70. The van der Waals surface area contributed by atoms with Crippen molar-refractivity contribution in [3.8, 4) is 12.1 Å². The molecule has 0 amide bonds. The predicted octanol–water partition coefficient (Wildman–Crippen LogP) is 3.32. The summed E-state index contributed by atoms with van der Waals surface area (Å²) in [6, 6.07) is 4.38. The Morgan fingerprint density at radius 3 is 1.56 bits per heavy atom. The third kappa shape index (κ3) is 9.15. The first-order valence-electron chi connectivity index (χ1n) is 5.83. The first-order valence-corrected chi connectivity index (χ1v) is 5.83. The second-order valence-electron chi connectivity index (χ2n) is 4.07. The number of azo groups is 1. The van der Waals surface area contributed by atoms with Crippen LogP contribution in [0.3, 0.4) is 0 Å². The van der Waals surface area contributed by atoms with Crippen molar-refractivity contribution in [2.45, 2.75) is 39.5 Å². The molecule has 0 radical (unpaired) electrons. The Balaban J connectivity index is 3.30. The van der Waals surface area contributed by atoms with Crippen molar-refractivity contribution in [1.82, 2.24) is 0 Å². The smallest absolute Gasteiger partial charge is 0.0652 e. The van der Waals surface area contributed by atoms with Crippen molar-refractivity contribution in [3.63, 3.8) is 0 Å². The highest BCUT2D eigenvalue weighted by Crippen LogP contribution is 2.05. The molecule has 2 atom stereocenters. The van der Waals surface area contributed by atoms with Gasteiger partial charge in [0.25, 0.3) is 0 Å². The number of hydrogen-bond acceptors (Lipinski definition) is 4. The quantitative estimate of drug-likeness (QED) is 0.465. The Hall–Kier alpha value is -1.42. The van der Waals surface area contributed by atoms with Crippen LogP contribution in [0, 0.1) is 34.5 Å². The summed E-state index contributed by atoms with van der Waals surface area (Å²) in [4.78, 5) is 0. The van der Waals surface area contributed by atoms with Gasteiger partial charge in [-0.2, -0.15) is 20.8 Å². The minimum absolute atomic E-state index is 0.117. The largest absolute Gasteiger partial charge is 0.198 e. The van der Waals surface area contributed by atoms with Crippen LogP contribution in [0.4, 0.5) is 0 Å². The van der Waals surface area contributed by atoms with E-state index in [9.17, 15) is 0 Å². The lowest BCUT2D eigenvalue weighted by Gasteiger charge is -1.99. The molecule has 0 aromatic heterocycles. The summed E-state index contributed by atoms with van der Waals surface area (Å²) >= 11 is 0. The van der Waals surface area contributed by atoms with E-state index in [4.69, 9.17) is 10.5 Å². The molecule has 0 spiro atoms. The van der Waals surface area contributed by atoms with Crippen LogP contribution in [0.1, 0.15) is 39.5 Å². The van der Waals surface area contributed by atoms with E-state index in [1.54, 1.807) is 0 Å². The number of hydrogen-bond donors (Lipinski definition) is 0. The van der Waals surface area contributed by atoms with E-state index in [0.29, 0.717) is 13.1 Å². The van der Waals surface area contributed by atoms with E-state index in [1.165, 1.54) is 0 Å². The van der Waals surface area contributed by atoms with Gasteiger partial charge in [-0.3, -0.25) is 0 Å². The number of nitriles is 2. The van der Waals surface area contributed by atoms with Crippen LogP contribution in [0.2, 0.25) is 0 Å². The van der Waals surface area contributed by atoms with Gasteiger partial charge in [0.15, 0.2) is 0 Å². The fourth-order valence-corrected chi connectivity index (χ4v) is 1.21. The summed E-state index contributed by atoms with van der Waals surface area (Å²) < 4.78 is 0.